The maximum atomic E-state index is 12.8. The molecular formula is C25H31ClN6O3S. The summed E-state index contributed by atoms with van der Waals surface area (Å²) >= 11 is 7.55. The number of ketones is 1. The molecule has 0 unspecified atom stereocenters. The highest BCUT2D eigenvalue weighted by molar-refractivity contribution is 7.17. The number of hydroxylamine groups is 1. The van der Waals surface area contributed by atoms with Gasteiger partial charge in [0, 0.05) is 30.5 Å². The lowest BCUT2D eigenvalue weighted by Crippen LogP contribution is -2.17. The van der Waals surface area contributed by atoms with E-state index in [1.807, 2.05) is 32.0 Å². The molecule has 2 heterocycles. The fraction of sp³-hybridized carbons (Fsp3) is 0.400. The Balaban J connectivity index is 1.48. The van der Waals surface area contributed by atoms with E-state index in [-0.39, 0.29) is 18.1 Å². The maximum absolute atomic E-state index is 12.8. The van der Waals surface area contributed by atoms with Crippen LogP contribution < -0.4 is 16.1 Å². The van der Waals surface area contributed by atoms with Crippen LogP contribution >= 0.6 is 22.9 Å². The number of carbonyl (C=O) groups excluding carboxylic acids is 2. The molecule has 0 bridgehead atoms. The molecule has 0 radical (unpaired) electrons. The first-order chi connectivity index (χ1) is 17.4. The van der Waals surface area contributed by atoms with Crippen LogP contribution in [-0.2, 0) is 11.2 Å². The summed E-state index contributed by atoms with van der Waals surface area (Å²) in [6.07, 6.45) is 6.90. The molecule has 0 saturated heterocycles. The van der Waals surface area contributed by atoms with Crippen LogP contribution in [0.25, 0.3) is 0 Å². The van der Waals surface area contributed by atoms with Crippen LogP contribution in [0.2, 0.25) is 5.02 Å². The number of halogens is 1. The van der Waals surface area contributed by atoms with E-state index in [1.54, 1.807) is 17.7 Å². The molecule has 0 saturated carbocycles. The molecule has 0 aliphatic carbocycles. The molecule has 192 valence electrons. The zero-order valence-electron chi connectivity index (χ0n) is 20.4. The van der Waals surface area contributed by atoms with Gasteiger partial charge in [-0.2, -0.15) is 0 Å². The number of unbranched alkanes of at least 4 members (excludes halogenated alkanes) is 4. The number of anilines is 3. The number of aryl methyl sites for hydroxylation is 2. The molecule has 0 fully saturated rings. The van der Waals surface area contributed by atoms with Crippen LogP contribution in [0.1, 0.15) is 65.1 Å². The Labute approximate surface area is 219 Å². The molecule has 36 heavy (non-hydrogen) atoms. The minimum Gasteiger partial charge on any atom is -0.370 e. The number of Topliss-reactive ketones (excluding diaryl/α,β-unsaturated/α-hetero) is 1. The van der Waals surface area contributed by atoms with Crippen molar-refractivity contribution in [3.63, 3.8) is 0 Å². The van der Waals surface area contributed by atoms with E-state index in [9.17, 15) is 9.59 Å². The van der Waals surface area contributed by atoms with Crippen LogP contribution in [0.3, 0.4) is 0 Å². The van der Waals surface area contributed by atoms with Crippen molar-refractivity contribution in [2.45, 2.75) is 58.8 Å². The van der Waals surface area contributed by atoms with Gasteiger partial charge in [-0.3, -0.25) is 14.8 Å². The number of hydrogen-bond donors (Lipinski definition) is 4. The molecular weight excluding hydrogens is 500 g/mol. The van der Waals surface area contributed by atoms with E-state index in [2.05, 4.69) is 25.6 Å². The second-order valence-electron chi connectivity index (χ2n) is 8.46. The fourth-order valence-electron chi connectivity index (χ4n) is 3.64. The van der Waals surface area contributed by atoms with Gasteiger partial charge >= 0.3 is 0 Å². The van der Waals surface area contributed by atoms with Gasteiger partial charge in [0.25, 0.3) is 0 Å². The summed E-state index contributed by atoms with van der Waals surface area (Å²) < 4.78 is 0. The third-order valence-electron chi connectivity index (χ3n) is 5.56. The average Bonchev–Trinajstić information content (AvgIpc) is 3.31. The van der Waals surface area contributed by atoms with Crippen LogP contribution in [-0.4, -0.2) is 38.4 Å². The molecule has 2 aromatic heterocycles. The monoisotopic (exact) mass is 530 g/mol. The maximum Gasteiger partial charge on any atom is 0.243 e. The minimum absolute atomic E-state index is 0.0327. The second-order valence-corrected chi connectivity index (χ2v) is 9.89. The van der Waals surface area contributed by atoms with E-state index in [0.29, 0.717) is 38.9 Å². The topological polar surface area (TPSA) is 129 Å². The Morgan fingerprint density at radius 1 is 1.06 bits per heavy atom. The van der Waals surface area contributed by atoms with Gasteiger partial charge in [-0.15, -0.1) is 0 Å². The number of nitrogens with one attached hydrogen (secondary N) is 3. The fourth-order valence-corrected chi connectivity index (χ4v) is 4.69. The van der Waals surface area contributed by atoms with Gasteiger partial charge in [-0.25, -0.2) is 20.4 Å². The SMILES string of the molecule is Cc1nc(NCCCCCCCC(=O)NO)cc(Nc2ncc(C(=O)Cc3c(C)cccc3Cl)s2)n1. The summed E-state index contributed by atoms with van der Waals surface area (Å²) in [5.41, 5.74) is 3.47. The quantitative estimate of drug-likeness (QED) is 0.0913. The summed E-state index contributed by atoms with van der Waals surface area (Å²) in [6.45, 7) is 4.53. The standard InChI is InChI=1S/C25H31ClN6O3S/c1-16-9-8-10-19(26)18(16)13-20(33)21-15-28-25(36-21)31-23-14-22(29-17(2)30-23)27-12-7-5-3-4-6-11-24(34)32-35/h8-10,14-15,35H,3-7,11-13H2,1-2H3,(H,32,34)(H2,27,28,29,30,31). The van der Waals surface area contributed by atoms with Crippen LogP contribution in [0.4, 0.5) is 16.8 Å². The lowest BCUT2D eigenvalue weighted by Gasteiger charge is -2.09. The average molecular weight is 531 g/mol. The van der Waals surface area contributed by atoms with Crippen molar-refractivity contribution in [1.82, 2.24) is 20.4 Å². The lowest BCUT2D eigenvalue weighted by atomic mass is 10.0. The zero-order chi connectivity index (χ0) is 25.9. The first-order valence-corrected chi connectivity index (χ1v) is 13.1. The summed E-state index contributed by atoms with van der Waals surface area (Å²) in [7, 11) is 0. The Kier molecular flexibility index (Phi) is 10.6. The van der Waals surface area contributed by atoms with Crippen LogP contribution in [0.15, 0.2) is 30.5 Å². The molecule has 3 aromatic rings. The van der Waals surface area contributed by atoms with Gasteiger partial charge in [-0.05, 0) is 43.9 Å². The van der Waals surface area contributed by atoms with Crippen LogP contribution in [0.5, 0.6) is 0 Å². The highest BCUT2D eigenvalue weighted by atomic mass is 35.5. The number of thiazole rings is 1. The first kappa shape index (κ1) is 27.5. The second kappa shape index (κ2) is 13.9. The van der Waals surface area contributed by atoms with Crippen molar-refractivity contribution >= 4 is 51.4 Å². The van der Waals surface area contributed by atoms with Crippen molar-refractivity contribution in [1.29, 1.82) is 0 Å². The lowest BCUT2D eigenvalue weighted by molar-refractivity contribution is -0.129. The first-order valence-electron chi connectivity index (χ1n) is 11.9. The smallest absolute Gasteiger partial charge is 0.243 e. The molecule has 0 aliphatic heterocycles. The number of benzene rings is 1. The van der Waals surface area contributed by atoms with E-state index >= 15 is 0 Å². The molecule has 11 heteroatoms. The molecule has 0 spiro atoms. The zero-order valence-corrected chi connectivity index (χ0v) is 22.0. The van der Waals surface area contributed by atoms with E-state index in [1.165, 1.54) is 11.3 Å². The largest absolute Gasteiger partial charge is 0.370 e. The van der Waals surface area contributed by atoms with Crippen molar-refractivity contribution < 1.29 is 14.8 Å². The number of nitrogens with zero attached hydrogens (tertiary/aromatic N) is 3. The third-order valence-corrected chi connectivity index (χ3v) is 6.86. The molecule has 3 rings (SSSR count). The van der Waals surface area contributed by atoms with Crippen molar-refractivity contribution in [2.75, 3.05) is 17.2 Å². The highest BCUT2D eigenvalue weighted by Gasteiger charge is 2.15. The van der Waals surface area contributed by atoms with Gasteiger partial charge in [-0.1, -0.05) is 54.3 Å². The number of hydrogen-bond acceptors (Lipinski definition) is 9. The van der Waals surface area contributed by atoms with Gasteiger partial charge in [0.15, 0.2) is 10.9 Å². The normalized spacial score (nSPS) is 10.8. The van der Waals surface area contributed by atoms with Gasteiger partial charge in [0.1, 0.15) is 17.5 Å². The molecule has 0 aliphatic rings. The number of aromatic nitrogens is 3. The van der Waals surface area contributed by atoms with E-state index in [4.69, 9.17) is 16.8 Å². The van der Waals surface area contributed by atoms with Crippen molar-refractivity contribution in [3.8, 4) is 0 Å². The van der Waals surface area contributed by atoms with Crippen LogP contribution in [0, 0.1) is 13.8 Å². The Hall–Kier alpha value is -3.08. The van der Waals surface area contributed by atoms with E-state index < -0.39 is 0 Å². The summed E-state index contributed by atoms with van der Waals surface area (Å²) in [4.78, 5) is 37.5. The number of carbonyl (C=O) groups is 2. The predicted molar refractivity (Wildman–Crippen MR) is 143 cm³/mol. The Morgan fingerprint density at radius 3 is 2.58 bits per heavy atom. The molecule has 0 atom stereocenters. The summed E-state index contributed by atoms with van der Waals surface area (Å²) in [5, 5.41) is 16.1. The van der Waals surface area contributed by atoms with Gasteiger partial charge in [0.05, 0.1) is 11.1 Å². The third kappa shape index (κ3) is 8.54. The summed E-state index contributed by atoms with van der Waals surface area (Å²) in [6, 6.07) is 7.43. The van der Waals surface area contributed by atoms with Gasteiger partial charge < -0.3 is 10.6 Å². The number of rotatable bonds is 14. The Bertz CT molecular complexity index is 1170. The van der Waals surface area contributed by atoms with Gasteiger partial charge in [0.2, 0.25) is 5.91 Å². The van der Waals surface area contributed by atoms with Crippen molar-refractivity contribution in [3.05, 3.63) is 57.3 Å². The molecule has 4 N–H and O–H groups in total. The summed E-state index contributed by atoms with van der Waals surface area (Å²) in [5.74, 6) is 1.56. The predicted octanol–water partition coefficient (Wildman–Crippen LogP) is 5.63. The number of amides is 1. The molecule has 1 amide bonds. The minimum atomic E-state index is -0.340. The molecule has 1 aromatic carbocycles. The Morgan fingerprint density at radius 2 is 1.81 bits per heavy atom. The highest BCUT2D eigenvalue weighted by Crippen LogP contribution is 2.26. The molecule has 9 nitrogen and oxygen atoms in total. The van der Waals surface area contributed by atoms with E-state index in [0.717, 1.165) is 49.8 Å². The van der Waals surface area contributed by atoms with Crippen molar-refractivity contribution in [2.24, 2.45) is 0 Å².